The van der Waals surface area contributed by atoms with Crippen LogP contribution in [0.4, 0.5) is 22.8 Å². The maximum absolute atomic E-state index is 12.8. The first-order chi connectivity index (χ1) is 21.3. The third kappa shape index (κ3) is 11.3. The van der Waals surface area contributed by atoms with Crippen molar-refractivity contribution in [2.45, 2.75) is 51.2 Å². The monoisotopic (exact) mass is 627 g/mol. The van der Waals surface area contributed by atoms with Crippen LogP contribution in [0.25, 0.3) is 0 Å². The highest BCUT2D eigenvalue weighted by molar-refractivity contribution is 6.04. The van der Waals surface area contributed by atoms with Crippen molar-refractivity contribution in [3.8, 4) is 0 Å². The number of nitrogens with one attached hydrogen (secondary N) is 4. The minimum Gasteiger partial charge on any atom is -0.444 e. The van der Waals surface area contributed by atoms with Gasteiger partial charge in [-0.25, -0.2) is 9.59 Å². The third-order valence-electron chi connectivity index (χ3n) is 6.43. The second kappa shape index (κ2) is 15.9. The van der Waals surface area contributed by atoms with Crippen molar-refractivity contribution in [3.63, 3.8) is 0 Å². The summed E-state index contributed by atoms with van der Waals surface area (Å²) < 4.78 is 48.3. The lowest BCUT2D eigenvalue weighted by atomic mass is 10.0. The Hall–Kier alpha value is -5.40. The summed E-state index contributed by atoms with van der Waals surface area (Å²) in [6.45, 7) is 1.55. The van der Waals surface area contributed by atoms with Gasteiger partial charge in [0.2, 0.25) is 5.91 Å². The Balaban J connectivity index is 1.45. The Morgan fingerprint density at radius 1 is 0.867 bits per heavy atom. The Morgan fingerprint density at radius 3 is 2.09 bits per heavy atom. The molecule has 6 N–H and O–H groups in total. The number of benzene rings is 3. The van der Waals surface area contributed by atoms with Gasteiger partial charge in [-0.1, -0.05) is 66.7 Å². The Morgan fingerprint density at radius 2 is 1.49 bits per heavy atom. The molecule has 238 valence electrons. The number of amides is 4. The minimum absolute atomic E-state index is 0.0546. The van der Waals surface area contributed by atoms with E-state index >= 15 is 0 Å². The van der Waals surface area contributed by atoms with Crippen molar-refractivity contribution >= 4 is 29.8 Å². The predicted molar refractivity (Wildman–Crippen MR) is 157 cm³/mol. The van der Waals surface area contributed by atoms with Crippen LogP contribution in [0.1, 0.15) is 41.2 Å². The number of amidine groups is 1. The third-order valence-corrected chi connectivity index (χ3v) is 6.43. The molecule has 0 fully saturated rings. The van der Waals surface area contributed by atoms with Gasteiger partial charge in [0.1, 0.15) is 18.5 Å². The van der Waals surface area contributed by atoms with E-state index < -0.39 is 47.9 Å². The number of aryl methyl sites for hydroxylation is 1. The molecule has 0 aliphatic rings. The molecular formula is C31H32F3N5O6. The summed E-state index contributed by atoms with van der Waals surface area (Å²) in [5, 5.41) is 15.5. The van der Waals surface area contributed by atoms with Crippen LogP contribution in [0.5, 0.6) is 0 Å². The van der Waals surface area contributed by atoms with Crippen molar-refractivity contribution < 1.29 is 41.8 Å². The number of primary amides is 1. The second-order valence-corrected chi connectivity index (χ2v) is 9.87. The molecule has 0 aliphatic heterocycles. The molecule has 0 aromatic heterocycles. The molecule has 0 unspecified atom stereocenters. The zero-order valence-corrected chi connectivity index (χ0v) is 24.1. The summed E-state index contributed by atoms with van der Waals surface area (Å²) in [5.41, 5.74) is 6.59. The molecule has 2 atom stereocenters. The quantitative estimate of drug-likeness (QED) is 0.149. The molecule has 14 heteroatoms. The first-order valence-corrected chi connectivity index (χ1v) is 13.7. The van der Waals surface area contributed by atoms with E-state index in [1.807, 2.05) is 18.2 Å². The molecular weight excluding hydrogens is 595 g/mol. The number of ether oxygens (including phenoxy) is 2. The van der Waals surface area contributed by atoms with E-state index in [1.54, 1.807) is 36.4 Å². The fourth-order valence-corrected chi connectivity index (χ4v) is 3.98. The topological polar surface area (TPSA) is 173 Å². The smallest absolute Gasteiger partial charge is 0.416 e. The maximum atomic E-state index is 12.8. The van der Waals surface area contributed by atoms with Crippen molar-refractivity contribution in [2.24, 2.45) is 5.73 Å². The zero-order chi connectivity index (χ0) is 33.0. The van der Waals surface area contributed by atoms with E-state index in [9.17, 15) is 32.3 Å². The van der Waals surface area contributed by atoms with Crippen molar-refractivity contribution in [2.75, 3.05) is 0 Å². The van der Waals surface area contributed by atoms with Gasteiger partial charge in [-0.2, -0.15) is 13.2 Å². The highest BCUT2D eigenvalue weighted by Crippen LogP contribution is 2.29. The standard InChI is InChI=1S/C31H32F3N5O6/c1-19(38-28(41)25(45-29(36)42)16-11-20-9-14-24(15-10-20)31(32,33)34)27(40)37-17-21-7-12-23(13-8-21)26(35)39-30(43)44-18-22-5-3-2-4-6-22/h2-10,12-15,19,25H,11,16-18H2,1H3,(H2,36,42)(H,37,40)(H,38,41)(H2,35,39,43)/t19-,25+/m0/s1. The first kappa shape index (κ1) is 34.1. The fourth-order valence-electron chi connectivity index (χ4n) is 3.98. The zero-order valence-electron chi connectivity index (χ0n) is 24.1. The van der Waals surface area contributed by atoms with Crippen LogP contribution < -0.4 is 21.7 Å². The van der Waals surface area contributed by atoms with E-state index in [1.165, 1.54) is 19.1 Å². The lowest BCUT2D eigenvalue weighted by molar-refractivity contribution is -0.137. The van der Waals surface area contributed by atoms with Crippen LogP contribution in [-0.2, 0) is 44.8 Å². The predicted octanol–water partition coefficient (Wildman–Crippen LogP) is 4.17. The lowest BCUT2D eigenvalue weighted by Gasteiger charge is -2.20. The molecule has 3 rings (SSSR count). The van der Waals surface area contributed by atoms with Gasteiger partial charge in [-0.15, -0.1) is 0 Å². The number of alkyl halides is 3. The van der Waals surface area contributed by atoms with Crippen molar-refractivity contribution in [1.29, 1.82) is 5.41 Å². The molecule has 45 heavy (non-hydrogen) atoms. The van der Waals surface area contributed by atoms with Gasteiger partial charge < -0.3 is 25.8 Å². The van der Waals surface area contributed by atoms with E-state index in [0.29, 0.717) is 16.7 Å². The number of carbonyl (C=O) groups excluding carboxylic acids is 4. The molecule has 0 spiro atoms. The van der Waals surface area contributed by atoms with E-state index in [2.05, 4.69) is 16.0 Å². The number of nitrogens with two attached hydrogens (primary N) is 1. The normalized spacial score (nSPS) is 12.3. The van der Waals surface area contributed by atoms with E-state index in [-0.39, 0.29) is 31.8 Å². The van der Waals surface area contributed by atoms with Crippen LogP contribution in [0, 0.1) is 5.41 Å². The van der Waals surface area contributed by atoms with Crippen LogP contribution in [0.3, 0.4) is 0 Å². The summed E-state index contributed by atoms with van der Waals surface area (Å²) in [7, 11) is 0. The van der Waals surface area contributed by atoms with E-state index in [0.717, 1.165) is 17.7 Å². The summed E-state index contributed by atoms with van der Waals surface area (Å²) in [6, 6.07) is 18.8. The molecule has 0 heterocycles. The average molecular weight is 628 g/mol. The van der Waals surface area contributed by atoms with Crippen molar-refractivity contribution in [3.05, 3.63) is 107 Å². The van der Waals surface area contributed by atoms with Gasteiger partial charge in [0.25, 0.3) is 5.91 Å². The molecule has 0 saturated carbocycles. The average Bonchev–Trinajstić information content (AvgIpc) is 3.01. The summed E-state index contributed by atoms with van der Waals surface area (Å²) >= 11 is 0. The molecule has 0 saturated heterocycles. The van der Waals surface area contributed by atoms with Gasteiger partial charge >= 0.3 is 18.4 Å². The van der Waals surface area contributed by atoms with Gasteiger partial charge in [0, 0.05) is 12.1 Å². The number of rotatable bonds is 12. The van der Waals surface area contributed by atoms with Crippen LogP contribution in [-0.4, -0.2) is 42.0 Å². The first-order valence-electron chi connectivity index (χ1n) is 13.7. The largest absolute Gasteiger partial charge is 0.444 e. The molecule has 3 aromatic rings. The minimum atomic E-state index is -4.49. The number of alkyl carbamates (subject to hydrolysis) is 1. The van der Waals surface area contributed by atoms with Crippen LogP contribution in [0.15, 0.2) is 78.9 Å². The Labute approximate surface area is 256 Å². The molecule has 0 radical (unpaired) electrons. The SMILES string of the molecule is C[C@H](NC(=O)[C@@H](CCc1ccc(C(F)(F)F)cc1)OC(N)=O)C(=O)NCc1ccc(C(=N)NC(=O)OCc2ccccc2)cc1. The number of hydrogen-bond acceptors (Lipinski definition) is 7. The van der Waals surface area contributed by atoms with Crippen LogP contribution >= 0.6 is 0 Å². The summed E-state index contributed by atoms with van der Waals surface area (Å²) in [6.07, 6.45) is -7.86. The fraction of sp³-hybridized carbons (Fsp3) is 0.258. The second-order valence-electron chi connectivity index (χ2n) is 9.87. The van der Waals surface area contributed by atoms with E-state index in [4.69, 9.17) is 20.6 Å². The van der Waals surface area contributed by atoms with Crippen LogP contribution in [0.2, 0.25) is 0 Å². The molecule has 0 aliphatic carbocycles. The Kier molecular flexibility index (Phi) is 12.0. The summed E-state index contributed by atoms with van der Waals surface area (Å²) in [5.74, 6) is -1.53. The van der Waals surface area contributed by atoms with Gasteiger partial charge in [0.05, 0.1) is 5.56 Å². The number of hydrogen-bond donors (Lipinski definition) is 5. The Bertz CT molecular complexity index is 1480. The maximum Gasteiger partial charge on any atom is 0.416 e. The number of halogens is 3. The molecule has 11 nitrogen and oxygen atoms in total. The van der Waals surface area contributed by atoms with Gasteiger partial charge in [-0.05, 0) is 48.6 Å². The molecule has 4 amide bonds. The van der Waals surface area contributed by atoms with Crippen molar-refractivity contribution in [1.82, 2.24) is 16.0 Å². The van der Waals surface area contributed by atoms with Gasteiger partial charge in [-0.3, -0.25) is 20.3 Å². The number of carbonyl (C=O) groups is 4. The molecule has 0 bridgehead atoms. The highest BCUT2D eigenvalue weighted by Gasteiger charge is 2.30. The van der Waals surface area contributed by atoms with Gasteiger partial charge in [0.15, 0.2) is 6.10 Å². The lowest BCUT2D eigenvalue weighted by Crippen LogP contribution is -2.49. The highest BCUT2D eigenvalue weighted by atomic mass is 19.4. The summed E-state index contributed by atoms with van der Waals surface area (Å²) in [4.78, 5) is 48.7. The molecule has 3 aromatic carbocycles.